The first-order valence-electron chi connectivity index (χ1n) is 5.47. The molecule has 0 saturated carbocycles. The Kier molecular flexibility index (Phi) is 3.47. The van der Waals surface area contributed by atoms with E-state index in [-0.39, 0.29) is 22.6 Å². The van der Waals surface area contributed by atoms with Gasteiger partial charge >= 0.3 is 0 Å². The van der Waals surface area contributed by atoms with Gasteiger partial charge in [-0.2, -0.15) is 0 Å². The Labute approximate surface area is 108 Å². The quantitative estimate of drug-likeness (QED) is 0.364. The van der Waals surface area contributed by atoms with Gasteiger partial charge in [0, 0.05) is 17.2 Å². The van der Waals surface area contributed by atoms with Gasteiger partial charge < -0.3 is 0 Å². The van der Waals surface area contributed by atoms with Gasteiger partial charge in [-0.1, -0.05) is 30.3 Å². The molecule has 0 amide bonds. The Bertz CT molecular complexity index is 650. The van der Waals surface area contributed by atoms with Crippen LogP contribution >= 0.6 is 0 Å². The molecule has 2 rings (SSSR count). The third kappa shape index (κ3) is 2.55. The molecule has 0 atom stereocenters. The van der Waals surface area contributed by atoms with Gasteiger partial charge in [-0.15, -0.1) is 0 Å². The SMILES string of the molecule is O=Cc1cc(C(=O)c2ccccc2)ccc1[N+](=O)[O-]. The molecule has 94 valence electrons. The number of carbonyl (C=O) groups is 2. The highest BCUT2D eigenvalue weighted by molar-refractivity contribution is 6.09. The molecule has 0 fully saturated rings. The van der Waals surface area contributed by atoms with Gasteiger partial charge in [0.2, 0.25) is 0 Å². The van der Waals surface area contributed by atoms with Crippen LogP contribution in [0.1, 0.15) is 26.3 Å². The molecule has 0 spiro atoms. The van der Waals surface area contributed by atoms with Gasteiger partial charge in [-0.05, 0) is 12.1 Å². The molecule has 0 heterocycles. The lowest BCUT2D eigenvalue weighted by Crippen LogP contribution is -2.03. The number of nitro groups is 1. The van der Waals surface area contributed by atoms with Crippen LogP contribution in [0.5, 0.6) is 0 Å². The van der Waals surface area contributed by atoms with E-state index in [9.17, 15) is 19.7 Å². The number of hydrogen-bond acceptors (Lipinski definition) is 4. The molecular weight excluding hydrogens is 246 g/mol. The molecule has 0 aromatic heterocycles. The van der Waals surface area contributed by atoms with Crippen molar-refractivity contribution in [1.29, 1.82) is 0 Å². The van der Waals surface area contributed by atoms with Crippen molar-refractivity contribution in [2.75, 3.05) is 0 Å². The van der Waals surface area contributed by atoms with Crippen molar-refractivity contribution < 1.29 is 14.5 Å². The van der Waals surface area contributed by atoms with Gasteiger partial charge in [0.15, 0.2) is 12.1 Å². The summed E-state index contributed by atoms with van der Waals surface area (Å²) in [6.45, 7) is 0. The average Bonchev–Trinajstić information content (AvgIpc) is 2.46. The molecule has 0 N–H and O–H groups in total. The summed E-state index contributed by atoms with van der Waals surface area (Å²) in [6, 6.07) is 12.3. The second-order valence-electron chi connectivity index (χ2n) is 3.84. The predicted molar refractivity (Wildman–Crippen MR) is 68.4 cm³/mol. The number of rotatable bonds is 4. The fraction of sp³-hybridized carbons (Fsp3) is 0. The van der Waals surface area contributed by atoms with E-state index in [2.05, 4.69) is 0 Å². The van der Waals surface area contributed by atoms with Crippen LogP contribution in [0.4, 0.5) is 5.69 Å². The minimum Gasteiger partial charge on any atom is -0.298 e. The summed E-state index contributed by atoms with van der Waals surface area (Å²) in [5, 5.41) is 10.7. The largest absolute Gasteiger partial charge is 0.298 e. The lowest BCUT2D eigenvalue weighted by Gasteiger charge is -2.02. The van der Waals surface area contributed by atoms with Gasteiger partial charge in [-0.25, -0.2) is 0 Å². The molecule has 0 aliphatic rings. The maximum absolute atomic E-state index is 12.1. The van der Waals surface area contributed by atoms with E-state index in [1.165, 1.54) is 18.2 Å². The van der Waals surface area contributed by atoms with Crippen LogP contribution in [0.3, 0.4) is 0 Å². The second-order valence-corrected chi connectivity index (χ2v) is 3.84. The average molecular weight is 255 g/mol. The molecule has 0 radical (unpaired) electrons. The van der Waals surface area contributed by atoms with Crippen LogP contribution < -0.4 is 0 Å². The minimum absolute atomic E-state index is 0.105. The van der Waals surface area contributed by atoms with E-state index in [1.807, 2.05) is 0 Å². The van der Waals surface area contributed by atoms with Crippen molar-refractivity contribution in [3.8, 4) is 0 Å². The summed E-state index contributed by atoms with van der Waals surface area (Å²) >= 11 is 0. The van der Waals surface area contributed by atoms with Crippen molar-refractivity contribution in [2.24, 2.45) is 0 Å². The van der Waals surface area contributed by atoms with Crippen LogP contribution in [0.25, 0.3) is 0 Å². The van der Waals surface area contributed by atoms with Crippen LogP contribution in [-0.2, 0) is 0 Å². The molecule has 0 aliphatic carbocycles. The number of carbonyl (C=O) groups excluding carboxylic acids is 2. The van der Waals surface area contributed by atoms with Crippen LogP contribution in [0, 0.1) is 10.1 Å². The first kappa shape index (κ1) is 12.6. The molecule has 5 heteroatoms. The molecule has 2 aromatic carbocycles. The van der Waals surface area contributed by atoms with E-state index in [0.29, 0.717) is 11.8 Å². The molecule has 19 heavy (non-hydrogen) atoms. The van der Waals surface area contributed by atoms with Gasteiger partial charge in [0.25, 0.3) is 5.69 Å². The standard InChI is InChI=1S/C14H9NO4/c16-9-12-8-11(6-7-13(12)15(18)19)14(17)10-4-2-1-3-5-10/h1-9H. The monoisotopic (exact) mass is 255 g/mol. The third-order valence-electron chi connectivity index (χ3n) is 2.65. The second kappa shape index (κ2) is 5.22. The van der Waals surface area contributed by atoms with E-state index < -0.39 is 4.92 Å². The summed E-state index contributed by atoms with van der Waals surface area (Å²) in [5.74, 6) is -0.279. The minimum atomic E-state index is -0.652. The summed E-state index contributed by atoms with van der Waals surface area (Å²) < 4.78 is 0. The first-order chi connectivity index (χ1) is 9.13. The highest BCUT2D eigenvalue weighted by Crippen LogP contribution is 2.20. The highest BCUT2D eigenvalue weighted by Gasteiger charge is 2.16. The Morgan fingerprint density at radius 2 is 1.74 bits per heavy atom. The van der Waals surface area contributed by atoms with Crippen molar-refractivity contribution in [1.82, 2.24) is 0 Å². The topological polar surface area (TPSA) is 77.3 Å². The number of aldehydes is 1. The normalized spacial score (nSPS) is 9.89. The van der Waals surface area contributed by atoms with Crippen LogP contribution in [0.15, 0.2) is 48.5 Å². The number of benzene rings is 2. The lowest BCUT2D eigenvalue weighted by atomic mass is 10.0. The maximum atomic E-state index is 12.1. The Balaban J connectivity index is 2.45. The predicted octanol–water partition coefficient (Wildman–Crippen LogP) is 2.64. The zero-order valence-electron chi connectivity index (χ0n) is 9.78. The smallest absolute Gasteiger partial charge is 0.279 e. The molecule has 0 unspecified atom stereocenters. The van der Waals surface area contributed by atoms with Crippen LogP contribution in [0.2, 0.25) is 0 Å². The van der Waals surface area contributed by atoms with Crippen molar-refractivity contribution >= 4 is 17.8 Å². The summed E-state index contributed by atoms with van der Waals surface area (Å²) in [7, 11) is 0. The Morgan fingerprint density at radius 1 is 1.05 bits per heavy atom. The highest BCUT2D eigenvalue weighted by atomic mass is 16.6. The Morgan fingerprint density at radius 3 is 2.32 bits per heavy atom. The molecule has 2 aromatic rings. The van der Waals surface area contributed by atoms with E-state index >= 15 is 0 Å². The molecule has 0 aliphatic heterocycles. The summed E-state index contributed by atoms with van der Waals surface area (Å²) in [5.41, 5.74) is 0.304. The van der Waals surface area contributed by atoms with Crippen molar-refractivity contribution in [3.05, 3.63) is 75.3 Å². The maximum Gasteiger partial charge on any atom is 0.279 e. The summed E-state index contributed by atoms with van der Waals surface area (Å²) in [6.07, 6.45) is 0.375. The number of hydrogen-bond donors (Lipinski definition) is 0. The van der Waals surface area contributed by atoms with Crippen LogP contribution in [-0.4, -0.2) is 17.0 Å². The van der Waals surface area contributed by atoms with Gasteiger partial charge in [0.1, 0.15) is 0 Å². The van der Waals surface area contributed by atoms with E-state index in [4.69, 9.17) is 0 Å². The molecular formula is C14H9NO4. The fourth-order valence-corrected chi connectivity index (χ4v) is 1.71. The zero-order valence-corrected chi connectivity index (χ0v) is 9.78. The Hall–Kier alpha value is -2.82. The number of nitro benzene ring substituents is 1. The number of nitrogens with zero attached hydrogens (tertiary/aromatic N) is 1. The third-order valence-corrected chi connectivity index (χ3v) is 2.65. The molecule has 0 bridgehead atoms. The first-order valence-corrected chi connectivity index (χ1v) is 5.47. The lowest BCUT2D eigenvalue weighted by molar-refractivity contribution is -0.385. The zero-order chi connectivity index (χ0) is 13.8. The van der Waals surface area contributed by atoms with Crippen molar-refractivity contribution in [3.63, 3.8) is 0 Å². The number of ketones is 1. The molecule has 0 saturated heterocycles. The fourth-order valence-electron chi connectivity index (χ4n) is 1.71. The van der Waals surface area contributed by atoms with Gasteiger partial charge in [0.05, 0.1) is 10.5 Å². The summed E-state index contributed by atoms with van der Waals surface area (Å²) in [4.78, 5) is 33.0. The van der Waals surface area contributed by atoms with E-state index in [1.54, 1.807) is 30.3 Å². The van der Waals surface area contributed by atoms with Gasteiger partial charge in [-0.3, -0.25) is 19.7 Å². The molecule has 5 nitrogen and oxygen atoms in total. The van der Waals surface area contributed by atoms with E-state index in [0.717, 1.165) is 0 Å². The van der Waals surface area contributed by atoms with Crippen molar-refractivity contribution in [2.45, 2.75) is 0 Å².